The number of aryl methyl sites for hydroxylation is 3. The standard InChI is InChI=1S/C25H33N3O/c1-17-15-18(2)20(4)22(19(17)3)16-28-24-12-9-8-11-23(24)27-25(28)13-7-6-10-14-26-21(5)29/h8-9,11-12,15H,6-7,10,13-14,16H2,1-5H3,(H,26,29). The number of hydrogen-bond acceptors (Lipinski definition) is 2. The molecule has 0 atom stereocenters. The summed E-state index contributed by atoms with van der Waals surface area (Å²) in [5.41, 5.74) is 9.16. The molecular weight excluding hydrogens is 358 g/mol. The summed E-state index contributed by atoms with van der Waals surface area (Å²) in [7, 11) is 0. The number of hydrogen-bond donors (Lipinski definition) is 1. The monoisotopic (exact) mass is 391 g/mol. The van der Waals surface area contributed by atoms with Crippen LogP contribution in [0, 0.1) is 27.7 Å². The minimum Gasteiger partial charge on any atom is -0.356 e. The highest BCUT2D eigenvalue weighted by atomic mass is 16.1. The molecule has 1 heterocycles. The Morgan fingerprint density at radius 2 is 1.69 bits per heavy atom. The first-order valence-electron chi connectivity index (χ1n) is 10.6. The number of unbranched alkanes of at least 4 members (excludes halogenated alkanes) is 2. The maximum absolute atomic E-state index is 11.0. The molecule has 0 fully saturated rings. The second-order valence-corrected chi connectivity index (χ2v) is 8.14. The first-order valence-corrected chi connectivity index (χ1v) is 10.6. The number of aromatic nitrogens is 2. The van der Waals surface area contributed by atoms with Gasteiger partial charge in [-0.2, -0.15) is 0 Å². The summed E-state index contributed by atoms with van der Waals surface area (Å²) in [5.74, 6) is 1.20. The predicted molar refractivity (Wildman–Crippen MR) is 120 cm³/mol. The minimum absolute atomic E-state index is 0.0472. The van der Waals surface area contributed by atoms with Crippen molar-refractivity contribution in [3.05, 3.63) is 64.0 Å². The molecule has 0 bridgehead atoms. The van der Waals surface area contributed by atoms with Gasteiger partial charge in [0, 0.05) is 26.4 Å². The van der Waals surface area contributed by atoms with Gasteiger partial charge in [-0.1, -0.05) is 24.6 Å². The Bertz CT molecular complexity index is 990. The molecule has 1 aromatic heterocycles. The van der Waals surface area contributed by atoms with Crippen molar-refractivity contribution in [1.29, 1.82) is 0 Å². The third-order valence-corrected chi connectivity index (χ3v) is 6.02. The number of benzene rings is 2. The van der Waals surface area contributed by atoms with Crippen LogP contribution in [0.5, 0.6) is 0 Å². The van der Waals surface area contributed by atoms with Gasteiger partial charge >= 0.3 is 0 Å². The van der Waals surface area contributed by atoms with E-state index >= 15 is 0 Å². The van der Waals surface area contributed by atoms with Crippen LogP contribution in [-0.4, -0.2) is 22.0 Å². The fourth-order valence-electron chi connectivity index (χ4n) is 4.04. The molecule has 4 heteroatoms. The molecule has 4 nitrogen and oxygen atoms in total. The molecule has 0 aliphatic heterocycles. The molecule has 0 saturated heterocycles. The average molecular weight is 392 g/mol. The van der Waals surface area contributed by atoms with Crippen LogP contribution in [0.1, 0.15) is 59.8 Å². The van der Waals surface area contributed by atoms with Crippen LogP contribution in [0.3, 0.4) is 0 Å². The van der Waals surface area contributed by atoms with Gasteiger partial charge < -0.3 is 9.88 Å². The van der Waals surface area contributed by atoms with Crippen molar-refractivity contribution in [3.63, 3.8) is 0 Å². The molecule has 29 heavy (non-hydrogen) atoms. The molecular formula is C25H33N3O. The lowest BCUT2D eigenvalue weighted by Crippen LogP contribution is -2.20. The summed E-state index contributed by atoms with van der Waals surface area (Å²) >= 11 is 0. The molecule has 3 aromatic rings. The Morgan fingerprint density at radius 1 is 1.00 bits per heavy atom. The number of amides is 1. The van der Waals surface area contributed by atoms with Gasteiger partial charge in [0.25, 0.3) is 0 Å². The number of rotatable bonds is 8. The Hall–Kier alpha value is -2.62. The summed E-state index contributed by atoms with van der Waals surface area (Å²) in [6.07, 6.45) is 4.13. The van der Waals surface area contributed by atoms with E-state index in [4.69, 9.17) is 4.98 Å². The second kappa shape index (κ2) is 9.25. The molecule has 1 N–H and O–H groups in total. The summed E-state index contributed by atoms with van der Waals surface area (Å²) in [4.78, 5) is 15.9. The van der Waals surface area contributed by atoms with Crippen molar-refractivity contribution < 1.29 is 4.79 Å². The van der Waals surface area contributed by atoms with Crippen LogP contribution >= 0.6 is 0 Å². The van der Waals surface area contributed by atoms with Crippen molar-refractivity contribution in [1.82, 2.24) is 14.9 Å². The molecule has 0 aliphatic carbocycles. The number of carbonyl (C=O) groups is 1. The van der Waals surface area contributed by atoms with Crippen LogP contribution in [0.15, 0.2) is 30.3 Å². The topological polar surface area (TPSA) is 46.9 Å². The van der Waals surface area contributed by atoms with Gasteiger partial charge in [-0.25, -0.2) is 4.98 Å². The molecule has 3 rings (SSSR count). The lowest BCUT2D eigenvalue weighted by molar-refractivity contribution is -0.118. The third-order valence-electron chi connectivity index (χ3n) is 6.02. The summed E-state index contributed by atoms with van der Waals surface area (Å²) in [5, 5.41) is 2.87. The maximum Gasteiger partial charge on any atom is 0.216 e. The van der Waals surface area contributed by atoms with Crippen LogP contribution in [0.25, 0.3) is 11.0 Å². The van der Waals surface area contributed by atoms with Gasteiger partial charge in [-0.15, -0.1) is 0 Å². The highest BCUT2D eigenvalue weighted by Crippen LogP contribution is 2.26. The number of nitrogens with one attached hydrogen (secondary N) is 1. The first kappa shape index (κ1) is 21.1. The van der Waals surface area contributed by atoms with Crippen LogP contribution < -0.4 is 5.32 Å². The predicted octanol–water partition coefficient (Wildman–Crippen LogP) is 5.17. The zero-order valence-electron chi connectivity index (χ0n) is 18.4. The van der Waals surface area contributed by atoms with Crippen LogP contribution in [0.4, 0.5) is 0 Å². The van der Waals surface area contributed by atoms with Gasteiger partial charge in [-0.05, 0) is 80.5 Å². The van der Waals surface area contributed by atoms with Gasteiger partial charge in [0.05, 0.1) is 11.0 Å². The summed E-state index contributed by atoms with van der Waals surface area (Å²) in [6, 6.07) is 10.7. The largest absolute Gasteiger partial charge is 0.356 e. The fraction of sp³-hybridized carbons (Fsp3) is 0.440. The van der Waals surface area contributed by atoms with E-state index in [-0.39, 0.29) is 5.91 Å². The van der Waals surface area contributed by atoms with Gasteiger partial charge in [0.1, 0.15) is 5.82 Å². The quantitative estimate of drug-likeness (QED) is 0.539. The maximum atomic E-state index is 11.0. The molecule has 1 amide bonds. The zero-order chi connectivity index (χ0) is 21.0. The van der Waals surface area contributed by atoms with Gasteiger partial charge in [0.2, 0.25) is 5.91 Å². The smallest absolute Gasteiger partial charge is 0.216 e. The number of para-hydroxylation sites is 2. The number of fused-ring (bicyclic) bond motifs is 1. The SMILES string of the molecule is CC(=O)NCCCCCc1nc2ccccc2n1Cc1c(C)c(C)cc(C)c1C. The lowest BCUT2D eigenvalue weighted by atomic mass is 9.94. The Balaban J connectivity index is 1.84. The van der Waals surface area contributed by atoms with Gasteiger partial charge in [-0.3, -0.25) is 4.79 Å². The average Bonchev–Trinajstić information content (AvgIpc) is 3.03. The third kappa shape index (κ3) is 4.87. The van der Waals surface area contributed by atoms with E-state index in [2.05, 4.69) is 67.9 Å². The Morgan fingerprint density at radius 3 is 2.38 bits per heavy atom. The van der Waals surface area contributed by atoms with E-state index in [9.17, 15) is 4.79 Å². The fourth-order valence-corrected chi connectivity index (χ4v) is 4.04. The molecule has 0 unspecified atom stereocenters. The molecule has 0 radical (unpaired) electrons. The van der Waals surface area contributed by atoms with Crippen molar-refractivity contribution >= 4 is 16.9 Å². The van der Waals surface area contributed by atoms with Crippen molar-refractivity contribution in [2.45, 2.75) is 66.8 Å². The van der Waals surface area contributed by atoms with E-state index in [0.29, 0.717) is 0 Å². The molecule has 0 aliphatic rings. The van der Waals surface area contributed by atoms with Crippen LogP contribution in [0.2, 0.25) is 0 Å². The molecule has 0 spiro atoms. The van der Waals surface area contributed by atoms with E-state index in [0.717, 1.165) is 50.1 Å². The zero-order valence-corrected chi connectivity index (χ0v) is 18.4. The summed E-state index contributed by atoms with van der Waals surface area (Å²) < 4.78 is 2.40. The van der Waals surface area contributed by atoms with E-state index < -0.39 is 0 Å². The number of imidazole rings is 1. The highest BCUT2D eigenvalue weighted by molar-refractivity contribution is 5.76. The second-order valence-electron chi connectivity index (χ2n) is 8.14. The van der Waals surface area contributed by atoms with Crippen molar-refractivity contribution in [3.8, 4) is 0 Å². The normalized spacial score (nSPS) is 11.2. The Labute approximate surface area is 174 Å². The highest BCUT2D eigenvalue weighted by Gasteiger charge is 2.15. The van der Waals surface area contributed by atoms with Crippen molar-refractivity contribution in [2.24, 2.45) is 0 Å². The van der Waals surface area contributed by atoms with Crippen LogP contribution in [-0.2, 0) is 17.8 Å². The molecule has 154 valence electrons. The van der Waals surface area contributed by atoms with E-state index in [1.54, 1.807) is 6.92 Å². The molecule has 0 saturated carbocycles. The first-order chi connectivity index (χ1) is 13.9. The summed E-state index contributed by atoms with van der Waals surface area (Å²) in [6.45, 7) is 12.1. The molecule has 2 aromatic carbocycles. The Kier molecular flexibility index (Phi) is 6.73. The lowest BCUT2D eigenvalue weighted by Gasteiger charge is -2.18. The number of carbonyl (C=O) groups excluding carboxylic acids is 1. The number of nitrogens with zero attached hydrogens (tertiary/aromatic N) is 2. The van der Waals surface area contributed by atoms with Crippen molar-refractivity contribution in [2.75, 3.05) is 6.54 Å². The van der Waals surface area contributed by atoms with E-state index in [1.807, 2.05) is 0 Å². The minimum atomic E-state index is 0.0472. The van der Waals surface area contributed by atoms with Gasteiger partial charge in [0.15, 0.2) is 0 Å². The van der Waals surface area contributed by atoms with E-state index in [1.165, 1.54) is 33.3 Å².